The first-order chi connectivity index (χ1) is 12.4. The van der Waals surface area contributed by atoms with Gasteiger partial charge in [0.05, 0.1) is 22.3 Å². The Bertz CT molecular complexity index is 972. The molecule has 27 heavy (non-hydrogen) atoms. The van der Waals surface area contributed by atoms with Crippen molar-refractivity contribution in [3.63, 3.8) is 0 Å². The molecule has 1 aromatic carbocycles. The van der Waals surface area contributed by atoms with Crippen LogP contribution in [0.3, 0.4) is 0 Å². The molecule has 0 saturated carbocycles. The number of aliphatic hydroxyl groups is 1. The minimum Gasteiger partial charge on any atom is -0.395 e. The number of alkyl halides is 2. The van der Waals surface area contributed by atoms with Crippen LogP contribution in [0.2, 0.25) is 0 Å². The minimum absolute atomic E-state index is 0.126. The van der Waals surface area contributed by atoms with E-state index in [9.17, 15) is 18.3 Å². The Morgan fingerprint density at radius 1 is 1.33 bits per heavy atom. The van der Waals surface area contributed by atoms with Gasteiger partial charge in [-0.3, -0.25) is 4.79 Å². The van der Waals surface area contributed by atoms with Crippen molar-refractivity contribution in [1.29, 1.82) is 0 Å². The lowest BCUT2D eigenvalue weighted by atomic mass is 9.83. The van der Waals surface area contributed by atoms with Crippen molar-refractivity contribution < 1.29 is 18.3 Å². The maximum Gasteiger partial charge on any atom is 0.237 e. The number of hydrogen-bond donors (Lipinski definition) is 2. The van der Waals surface area contributed by atoms with Gasteiger partial charge < -0.3 is 10.0 Å². The number of β-amino-alcohol motifs (C(OH)–C–C–N with tert-alkyl or cyclic N) is 1. The summed E-state index contributed by atoms with van der Waals surface area (Å²) < 4.78 is 23.6. The number of carbonyl (C=O) groups is 1. The summed E-state index contributed by atoms with van der Waals surface area (Å²) in [6, 6.07) is 5.24. The fourth-order valence-corrected chi connectivity index (χ4v) is 5.31. The number of allylic oxidation sites excluding steroid dienone is 4. The minimum atomic E-state index is -4.02. The molecule has 0 aromatic heterocycles. The van der Waals surface area contributed by atoms with Gasteiger partial charge in [-0.15, -0.1) is 23.2 Å². The molecule has 1 amide bonds. The molecular formula is C18H20Cl2N2O4S. The van der Waals surface area contributed by atoms with Crippen molar-refractivity contribution in [2.45, 2.75) is 29.5 Å². The first kappa shape index (κ1) is 20.4. The van der Waals surface area contributed by atoms with E-state index in [4.69, 9.17) is 28.3 Å². The standard InChI is InChI=1S/C18H20Cl2N2O4S/c1-17(2)12-6-5-11(10-13(12)22(8-9-23)16(17)24)18(20)7-3-4-14(15(18)19)27(21,25)26/h3-7,10,15,23H,8-9H2,1-2H3,(H2,21,25,26). The van der Waals surface area contributed by atoms with Crippen molar-refractivity contribution in [2.24, 2.45) is 5.14 Å². The lowest BCUT2D eigenvalue weighted by Crippen LogP contribution is -2.38. The Morgan fingerprint density at radius 3 is 2.59 bits per heavy atom. The van der Waals surface area contributed by atoms with E-state index in [1.807, 2.05) is 13.8 Å². The maximum atomic E-state index is 12.7. The molecule has 2 aliphatic rings. The number of benzene rings is 1. The summed E-state index contributed by atoms with van der Waals surface area (Å²) in [5.41, 5.74) is 1.22. The van der Waals surface area contributed by atoms with Crippen molar-refractivity contribution in [3.8, 4) is 0 Å². The lowest BCUT2D eigenvalue weighted by Gasteiger charge is -2.33. The molecule has 1 aliphatic carbocycles. The number of rotatable bonds is 4. The van der Waals surface area contributed by atoms with Crippen LogP contribution in [-0.2, 0) is 25.1 Å². The van der Waals surface area contributed by atoms with Crippen LogP contribution in [0.25, 0.3) is 0 Å². The largest absolute Gasteiger partial charge is 0.395 e. The number of amides is 1. The Hall–Kier alpha value is -1.38. The number of carbonyl (C=O) groups excluding carboxylic acids is 1. The highest BCUT2D eigenvalue weighted by molar-refractivity contribution is 7.93. The van der Waals surface area contributed by atoms with Crippen molar-refractivity contribution in [2.75, 3.05) is 18.1 Å². The zero-order valence-electron chi connectivity index (χ0n) is 14.8. The maximum absolute atomic E-state index is 12.7. The number of fused-ring (bicyclic) bond motifs is 1. The molecule has 3 N–H and O–H groups in total. The molecule has 9 heteroatoms. The Labute approximate surface area is 168 Å². The van der Waals surface area contributed by atoms with Gasteiger partial charge in [0.25, 0.3) is 0 Å². The van der Waals surface area contributed by atoms with Crippen LogP contribution in [0.15, 0.2) is 41.3 Å². The summed E-state index contributed by atoms with van der Waals surface area (Å²) in [7, 11) is -4.02. The molecule has 2 unspecified atom stereocenters. The van der Waals surface area contributed by atoms with Gasteiger partial charge in [-0.1, -0.05) is 24.3 Å². The van der Waals surface area contributed by atoms with E-state index in [-0.39, 0.29) is 24.0 Å². The lowest BCUT2D eigenvalue weighted by molar-refractivity contribution is -0.122. The fraction of sp³-hybridized carbons (Fsp3) is 0.389. The molecule has 0 fully saturated rings. The van der Waals surface area contributed by atoms with E-state index < -0.39 is 25.7 Å². The van der Waals surface area contributed by atoms with E-state index >= 15 is 0 Å². The average Bonchev–Trinajstić information content (AvgIpc) is 2.77. The third-order valence-electron chi connectivity index (χ3n) is 5.05. The second-order valence-corrected chi connectivity index (χ2v) is 9.76. The molecule has 2 atom stereocenters. The number of nitrogens with two attached hydrogens (primary N) is 1. The third kappa shape index (κ3) is 3.11. The monoisotopic (exact) mass is 430 g/mol. The number of halogens is 2. The predicted molar refractivity (Wildman–Crippen MR) is 106 cm³/mol. The van der Waals surface area contributed by atoms with Crippen LogP contribution >= 0.6 is 23.2 Å². The van der Waals surface area contributed by atoms with Gasteiger partial charge in [0.15, 0.2) is 0 Å². The molecule has 1 aromatic rings. The Balaban J connectivity index is 2.12. The summed E-state index contributed by atoms with van der Waals surface area (Å²) in [6.45, 7) is 3.59. The second kappa shape index (κ2) is 6.60. The molecule has 0 radical (unpaired) electrons. The van der Waals surface area contributed by atoms with Crippen molar-refractivity contribution in [3.05, 3.63) is 52.5 Å². The molecule has 3 rings (SSSR count). The molecule has 0 spiro atoms. The van der Waals surface area contributed by atoms with Gasteiger partial charge in [-0.05, 0) is 37.1 Å². The Kier molecular flexibility index (Phi) is 4.98. The van der Waals surface area contributed by atoms with Gasteiger partial charge in [0.2, 0.25) is 15.9 Å². The smallest absolute Gasteiger partial charge is 0.237 e. The summed E-state index contributed by atoms with van der Waals surface area (Å²) in [4.78, 5) is 12.7. The first-order valence-corrected chi connectivity index (χ1v) is 10.6. The third-order valence-corrected chi connectivity index (χ3v) is 7.47. The van der Waals surface area contributed by atoms with Crippen LogP contribution in [0.4, 0.5) is 5.69 Å². The Morgan fingerprint density at radius 2 is 2.00 bits per heavy atom. The number of sulfonamides is 1. The van der Waals surface area contributed by atoms with Crippen molar-refractivity contribution in [1.82, 2.24) is 0 Å². The topological polar surface area (TPSA) is 101 Å². The molecule has 0 saturated heterocycles. The van der Waals surface area contributed by atoms with Crippen LogP contribution in [0, 0.1) is 0 Å². The zero-order chi connectivity index (χ0) is 20.2. The van der Waals surface area contributed by atoms with Crippen LogP contribution in [0.1, 0.15) is 25.0 Å². The van der Waals surface area contributed by atoms with E-state index in [0.29, 0.717) is 11.3 Å². The molecule has 6 nitrogen and oxygen atoms in total. The van der Waals surface area contributed by atoms with Gasteiger partial charge in [-0.25, -0.2) is 13.6 Å². The first-order valence-electron chi connectivity index (χ1n) is 8.27. The van der Waals surface area contributed by atoms with E-state index in [1.54, 1.807) is 24.3 Å². The number of primary sulfonamides is 1. The second-order valence-electron chi connectivity index (χ2n) is 7.14. The van der Waals surface area contributed by atoms with Gasteiger partial charge in [-0.2, -0.15) is 0 Å². The van der Waals surface area contributed by atoms with Gasteiger partial charge in [0.1, 0.15) is 4.87 Å². The predicted octanol–water partition coefficient (Wildman–Crippen LogP) is 2.09. The molecular weight excluding hydrogens is 411 g/mol. The number of hydrogen-bond acceptors (Lipinski definition) is 4. The molecule has 1 heterocycles. The van der Waals surface area contributed by atoms with Crippen LogP contribution < -0.4 is 10.0 Å². The normalized spacial score (nSPS) is 26.9. The zero-order valence-corrected chi connectivity index (χ0v) is 17.1. The molecule has 1 aliphatic heterocycles. The van der Waals surface area contributed by atoms with E-state index in [2.05, 4.69) is 0 Å². The number of anilines is 1. The van der Waals surface area contributed by atoms with Crippen LogP contribution in [0.5, 0.6) is 0 Å². The van der Waals surface area contributed by atoms with E-state index in [0.717, 1.165) is 5.56 Å². The summed E-state index contributed by atoms with van der Waals surface area (Å²) >= 11 is 13.2. The highest BCUT2D eigenvalue weighted by atomic mass is 35.5. The number of aliphatic hydroxyl groups excluding tert-OH is 1. The molecule has 146 valence electrons. The highest BCUT2D eigenvalue weighted by Crippen LogP contribution is 2.48. The van der Waals surface area contributed by atoms with Crippen molar-refractivity contribution >= 4 is 44.8 Å². The highest BCUT2D eigenvalue weighted by Gasteiger charge is 2.46. The number of nitrogens with zero attached hydrogens (tertiary/aromatic N) is 1. The SMILES string of the molecule is CC1(C)C(=O)N(CCO)c2cc(C3(Cl)C=CC=C(S(N)(=O)=O)C3Cl)ccc21. The van der Waals surface area contributed by atoms with Crippen LogP contribution in [-0.4, -0.2) is 38.0 Å². The molecule has 0 bridgehead atoms. The summed E-state index contributed by atoms with van der Waals surface area (Å²) in [5, 5.41) is 13.5. The summed E-state index contributed by atoms with van der Waals surface area (Å²) in [6.07, 6.45) is 4.42. The van der Waals surface area contributed by atoms with Gasteiger partial charge in [0, 0.05) is 12.2 Å². The summed E-state index contributed by atoms with van der Waals surface area (Å²) in [5.74, 6) is -0.126. The van der Waals surface area contributed by atoms with Gasteiger partial charge >= 0.3 is 0 Å². The average molecular weight is 431 g/mol. The quantitative estimate of drug-likeness (QED) is 0.713. The van der Waals surface area contributed by atoms with E-state index in [1.165, 1.54) is 17.1 Å². The fourth-order valence-electron chi connectivity index (χ4n) is 3.55.